The van der Waals surface area contributed by atoms with Crippen LogP contribution < -0.4 is 10.2 Å². The largest absolute Gasteiger partial charge is 0.482 e. The van der Waals surface area contributed by atoms with Crippen molar-refractivity contribution in [1.82, 2.24) is 4.90 Å². The van der Waals surface area contributed by atoms with Gasteiger partial charge in [0.2, 0.25) is 11.2 Å². The molecule has 1 aliphatic rings. The van der Waals surface area contributed by atoms with Gasteiger partial charge in [-0.3, -0.25) is 9.69 Å². The second-order valence-corrected chi connectivity index (χ2v) is 8.71. The molecule has 3 aromatic rings. The summed E-state index contributed by atoms with van der Waals surface area (Å²) in [6.07, 6.45) is 2.41. The lowest BCUT2D eigenvalue weighted by Gasteiger charge is -2.34. The molecule has 31 heavy (non-hydrogen) atoms. The summed E-state index contributed by atoms with van der Waals surface area (Å²) in [7, 11) is 0. The summed E-state index contributed by atoms with van der Waals surface area (Å²) in [4.78, 5) is 14.9. The fraction of sp³-hybridized carbons (Fsp3) is 0.346. The first-order valence-corrected chi connectivity index (χ1v) is 10.7. The van der Waals surface area contributed by atoms with E-state index in [0.29, 0.717) is 12.3 Å². The van der Waals surface area contributed by atoms with Crippen LogP contribution in [0.1, 0.15) is 54.8 Å². The summed E-state index contributed by atoms with van der Waals surface area (Å²) < 4.78 is 11.4. The van der Waals surface area contributed by atoms with E-state index in [-0.39, 0.29) is 23.8 Å². The van der Waals surface area contributed by atoms with Crippen LogP contribution in [0.3, 0.4) is 0 Å². The highest BCUT2D eigenvalue weighted by molar-refractivity contribution is 5.32. The van der Waals surface area contributed by atoms with Gasteiger partial charge in [-0.2, -0.15) is 0 Å². The molecule has 0 bridgehead atoms. The van der Waals surface area contributed by atoms with E-state index >= 15 is 0 Å². The van der Waals surface area contributed by atoms with Crippen molar-refractivity contribution in [3.8, 4) is 5.75 Å². The molecule has 5 nitrogen and oxygen atoms in total. The molecule has 1 unspecified atom stereocenters. The van der Waals surface area contributed by atoms with E-state index in [1.54, 1.807) is 13.8 Å². The minimum absolute atomic E-state index is 0.181. The van der Waals surface area contributed by atoms with Crippen LogP contribution in [0.2, 0.25) is 0 Å². The minimum atomic E-state index is -0.885. The SMILES string of the molecule is CC1c2ccccc2CCN1Cc1cc(=O)c(OCc2ccc(C(C)(C)O)cc2)co1. The van der Waals surface area contributed by atoms with Crippen molar-refractivity contribution >= 4 is 0 Å². The first kappa shape index (κ1) is 21.3. The number of ether oxygens (including phenoxy) is 1. The van der Waals surface area contributed by atoms with Gasteiger partial charge in [0.05, 0.1) is 12.1 Å². The molecular weight excluding hydrogens is 390 g/mol. The second-order valence-electron chi connectivity index (χ2n) is 8.71. The summed E-state index contributed by atoms with van der Waals surface area (Å²) in [6.45, 7) is 7.46. The fourth-order valence-corrected chi connectivity index (χ4v) is 4.04. The van der Waals surface area contributed by atoms with Gasteiger partial charge in [-0.15, -0.1) is 0 Å². The molecule has 1 N–H and O–H groups in total. The molecule has 0 radical (unpaired) electrons. The third-order valence-corrected chi connectivity index (χ3v) is 5.99. The van der Waals surface area contributed by atoms with Gasteiger partial charge in [0.25, 0.3) is 0 Å². The van der Waals surface area contributed by atoms with Crippen LogP contribution in [0.15, 0.2) is 70.1 Å². The van der Waals surface area contributed by atoms with E-state index in [1.165, 1.54) is 23.5 Å². The van der Waals surface area contributed by atoms with E-state index in [4.69, 9.17) is 9.15 Å². The molecule has 0 saturated carbocycles. The molecule has 0 amide bonds. The Hall–Kier alpha value is -2.89. The topological polar surface area (TPSA) is 62.9 Å². The van der Waals surface area contributed by atoms with Crippen LogP contribution in [0.5, 0.6) is 5.75 Å². The van der Waals surface area contributed by atoms with E-state index in [9.17, 15) is 9.90 Å². The third-order valence-electron chi connectivity index (χ3n) is 5.99. The van der Waals surface area contributed by atoms with Crippen molar-refractivity contribution in [2.24, 2.45) is 0 Å². The quantitative estimate of drug-likeness (QED) is 0.634. The normalized spacial score (nSPS) is 16.7. The van der Waals surface area contributed by atoms with Gasteiger partial charge >= 0.3 is 0 Å². The Kier molecular flexibility index (Phi) is 5.99. The molecule has 4 rings (SSSR count). The summed E-state index contributed by atoms with van der Waals surface area (Å²) in [5.74, 6) is 0.838. The lowest BCUT2D eigenvalue weighted by atomic mass is 9.93. The van der Waals surface area contributed by atoms with Gasteiger partial charge in [0.1, 0.15) is 18.6 Å². The molecule has 0 fully saturated rings. The maximum atomic E-state index is 12.5. The van der Waals surface area contributed by atoms with E-state index in [1.807, 2.05) is 24.3 Å². The lowest BCUT2D eigenvalue weighted by Crippen LogP contribution is -2.33. The van der Waals surface area contributed by atoms with Gasteiger partial charge in [-0.1, -0.05) is 48.5 Å². The number of benzene rings is 2. The van der Waals surface area contributed by atoms with Crippen molar-refractivity contribution in [2.45, 2.75) is 52.0 Å². The van der Waals surface area contributed by atoms with E-state index < -0.39 is 5.60 Å². The van der Waals surface area contributed by atoms with Gasteiger partial charge < -0.3 is 14.3 Å². The van der Waals surface area contributed by atoms with Crippen LogP contribution in [-0.2, 0) is 25.2 Å². The van der Waals surface area contributed by atoms with Gasteiger partial charge in [0.15, 0.2) is 0 Å². The highest BCUT2D eigenvalue weighted by atomic mass is 16.5. The number of aliphatic hydroxyl groups is 1. The van der Waals surface area contributed by atoms with Gasteiger partial charge in [0, 0.05) is 18.7 Å². The molecule has 0 aliphatic carbocycles. The number of hydrogen-bond acceptors (Lipinski definition) is 5. The molecule has 5 heteroatoms. The van der Waals surface area contributed by atoms with Crippen molar-refractivity contribution < 1.29 is 14.3 Å². The smallest absolute Gasteiger partial charge is 0.227 e. The van der Waals surface area contributed by atoms with Gasteiger partial charge in [-0.25, -0.2) is 0 Å². The fourth-order valence-electron chi connectivity index (χ4n) is 4.04. The average molecular weight is 420 g/mol. The number of rotatable bonds is 6. The van der Waals surface area contributed by atoms with Crippen molar-refractivity contribution in [1.29, 1.82) is 0 Å². The van der Waals surface area contributed by atoms with Crippen LogP contribution in [-0.4, -0.2) is 16.6 Å². The minimum Gasteiger partial charge on any atom is -0.482 e. The lowest BCUT2D eigenvalue weighted by molar-refractivity contribution is 0.0785. The van der Waals surface area contributed by atoms with Crippen molar-refractivity contribution in [2.75, 3.05) is 6.54 Å². The molecule has 2 aromatic carbocycles. The zero-order valence-corrected chi connectivity index (χ0v) is 18.3. The number of nitrogens with zero attached hydrogens (tertiary/aromatic N) is 1. The maximum absolute atomic E-state index is 12.5. The Labute approximate surface area is 182 Å². The molecule has 1 aliphatic heterocycles. The molecule has 1 aromatic heterocycles. The highest BCUT2D eigenvalue weighted by Gasteiger charge is 2.24. The van der Waals surface area contributed by atoms with Crippen molar-refractivity contribution in [3.63, 3.8) is 0 Å². The highest BCUT2D eigenvalue weighted by Crippen LogP contribution is 2.30. The zero-order valence-electron chi connectivity index (χ0n) is 18.3. The predicted octanol–water partition coefficient (Wildman–Crippen LogP) is 4.57. The number of fused-ring (bicyclic) bond motifs is 1. The summed E-state index contributed by atoms with van der Waals surface area (Å²) in [5.41, 5.74) is 3.41. The zero-order chi connectivity index (χ0) is 22.0. The Balaban J connectivity index is 1.39. The Morgan fingerprint density at radius 3 is 2.61 bits per heavy atom. The molecular formula is C26H29NO4. The standard InChI is InChI=1S/C26H29NO4/c1-18-23-7-5-4-6-20(23)12-13-27(18)15-22-14-24(28)25(17-30-22)31-16-19-8-10-21(11-9-19)26(2,3)29/h4-11,14,17-18,29H,12-13,15-16H2,1-3H3. The van der Waals surface area contributed by atoms with E-state index in [0.717, 1.165) is 24.1 Å². The maximum Gasteiger partial charge on any atom is 0.227 e. The molecule has 0 spiro atoms. The Morgan fingerprint density at radius 2 is 1.90 bits per heavy atom. The molecule has 1 atom stereocenters. The van der Waals surface area contributed by atoms with Crippen LogP contribution in [0.4, 0.5) is 0 Å². The predicted molar refractivity (Wildman–Crippen MR) is 120 cm³/mol. The third kappa shape index (κ3) is 4.89. The van der Waals surface area contributed by atoms with Crippen LogP contribution in [0, 0.1) is 0 Å². The van der Waals surface area contributed by atoms with E-state index in [2.05, 4.69) is 36.1 Å². The Morgan fingerprint density at radius 1 is 1.16 bits per heavy atom. The molecule has 0 saturated heterocycles. The number of hydrogen-bond donors (Lipinski definition) is 1. The first-order valence-electron chi connectivity index (χ1n) is 10.7. The Bertz CT molecular complexity index is 1100. The molecule has 2 heterocycles. The summed E-state index contributed by atoms with van der Waals surface area (Å²) in [5, 5.41) is 10.0. The first-order chi connectivity index (χ1) is 14.8. The van der Waals surface area contributed by atoms with Crippen LogP contribution >= 0.6 is 0 Å². The summed E-state index contributed by atoms with van der Waals surface area (Å²) >= 11 is 0. The summed E-state index contributed by atoms with van der Waals surface area (Å²) in [6, 6.07) is 17.8. The van der Waals surface area contributed by atoms with Gasteiger partial charge in [-0.05, 0) is 49.4 Å². The second kappa shape index (κ2) is 8.69. The monoisotopic (exact) mass is 419 g/mol. The average Bonchev–Trinajstić information content (AvgIpc) is 2.75. The van der Waals surface area contributed by atoms with Crippen LogP contribution in [0.25, 0.3) is 0 Å². The van der Waals surface area contributed by atoms with Crippen molar-refractivity contribution in [3.05, 3.63) is 99.1 Å². The molecule has 162 valence electrons.